The van der Waals surface area contributed by atoms with Gasteiger partial charge in [0.05, 0.1) is 6.04 Å². The standard InChI is InChI=1S/C15H21NO/c1-5-6-13(16-4)14-9-12-8-10(2)7-11(3)15(12)17-14/h7-9,13,16H,5-6H2,1-4H3. The summed E-state index contributed by atoms with van der Waals surface area (Å²) < 4.78 is 6.00. The second-order valence-corrected chi connectivity index (χ2v) is 4.78. The van der Waals surface area contributed by atoms with Crippen LogP contribution in [-0.4, -0.2) is 7.05 Å². The molecule has 0 amide bonds. The molecule has 1 aromatic carbocycles. The first-order chi connectivity index (χ1) is 8.15. The number of hydrogen-bond acceptors (Lipinski definition) is 2. The fourth-order valence-corrected chi connectivity index (χ4v) is 2.42. The van der Waals surface area contributed by atoms with Gasteiger partial charge in [-0.15, -0.1) is 0 Å². The lowest BCUT2D eigenvalue weighted by Crippen LogP contribution is -2.15. The Hall–Kier alpha value is -1.28. The minimum atomic E-state index is 0.326. The first kappa shape index (κ1) is 12.2. The highest BCUT2D eigenvalue weighted by atomic mass is 16.3. The van der Waals surface area contributed by atoms with Gasteiger partial charge in [0.15, 0.2) is 0 Å². The van der Waals surface area contributed by atoms with Gasteiger partial charge >= 0.3 is 0 Å². The third-order valence-electron chi connectivity index (χ3n) is 3.23. The number of hydrogen-bond donors (Lipinski definition) is 1. The quantitative estimate of drug-likeness (QED) is 0.856. The molecule has 1 atom stereocenters. The van der Waals surface area contributed by atoms with Crippen molar-refractivity contribution in [1.82, 2.24) is 5.32 Å². The maximum Gasteiger partial charge on any atom is 0.137 e. The Balaban J connectivity index is 2.46. The third-order valence-corrected chi connectivity index (χ3v) is 3.23. The number of furan rings is 1. The van der Waals surface area contributed by atoms with E-state index in [4.69, 9.17) is 4.42 Å². The van der Waals surface area contributed by atoms with Crippen LogP contribution in [0.15, 0.2) is 22.6 Å². The van der Waals surface area contributed by atoms with E-state index in [1.165, 1.54) is 16.5 Å². The minimum absolute atomic E-state index is 0.326. The summed E-state index contributed by atoms with van der Waals surface area (Å²) in [5.74, 6) is 1.05. The van der Waals surface area contributed by atoms with Gasteiger partial charge in [0, 0.05) is 5.39 Å². The van der Waals surface area contributed by atoms with Crippen molar-refractivity contribution in [3.8, 4) is 0 Å². The molecule has 17 heavy (non-hydrogen) atoms. The predicted molar refractivity (Wildman–Crippen MR) is 72.4 cm³/mol. The molecule has 2 aromatic rings. The minimum Gasteiger partial charge on any atom is -0.459 e. The van der Waals surface area contributed by atoms with Crippen LogP contribution in [0.2, 0.25) is 0 Å². The Bertz CT molecular complexity index is 513. The van der Waals surface area contributed by atoms with Gasteiger partial charge in [0.2, 0.25) is 0 Å². The highest BCUT2D eigenvalue weighted by Gasteiger charge is 2.14. The molecule has 0 radical (unpaired) electrons. The number of fused-ring (bicyclic) bond motifs is 1. The lowest BCUT2D eigenvalue weighted by Gasteiger charge is -2.11. The van der Waals surface area contributed by atoms with E-state index in [2.05, 4.69) is 44.3 Å². The van der Waals surface area contributed by atoms with E-state index in [9.17, 15) is 0 Å². The average Bonchev–Trinajstić information content (AvgIpc) is 2.69. The smallest absolute Gasteiger partial charge is 0.137 e. The molecule has 2 heteroatoms. The Morgan fingerprint density at radius 2 is 2.00 bits per heavy atom. The van der Waals surface area contributed by atoms with Crippen LogP contribution in [0.4, 0.5) is 0 Å². The summed E-state index contributed by atoms with van der Waals surface area (Å²) in [5.41, 5.74) is 3.54. The average molecular weight is 231 g/mol. The van der Waals surface area contributed by atoms with Crippen molar-refractivity contribution in [2.45, 2.75) is 39.7 Å². The number of aryl methyl sites for hydroxylation is 2. The topological polar surface area (TPSA) is 25.2 Å². The zero-order valence-electron chi connectivity index (χ0n) is 11.1. The zero-order chi connectivity index (χ0) is 12.4. The number of benzene rings is 1. The van der Waals surface area contributed by atoms with Crippen LogP contribution >= 0.6 is 0 Å². The van der Waals surface area contributed by atoms with Gasteiger partial charge in [-0.25, -0.2) is 0 Å². The lowest BCUT2D eigenvalue weighted by molar-refractivity contribution is 0.429. The van der Waals surface area contributed by atoms with E-state index < -0.39 is 0 Å². The van der Waals surface area contributed by atoms with Crippen molar-refractivity contribution in [2.75, 3.05) is 7.05 Å². The molecule has 0 spiro atoms. The number of nitrogens with one attached hydrogen (secondary N) is 1. The summed E-state index contributed by atoms with van der Waals surface area (Å²) in [5, 5.41) is 4.54. The van der Waals surface area contributed by atoms with E-state index in [1.807, 2.05) is 7.05 Å². The molecular formula is C15H21NO. The summed E-state index contributed by atoms with van der Waals surface area (Å²) >= 11 is 0. The van der Waals surface area contributed by atoms with Crippen molar-refractivity contribution in [2.24, 2.45) is 0 Å². The summed E-state index contributed by atoms with van der Waals surface area (Å²) in [7, 11) is 1.99. The molecule has 1 unspecified atom stereocenters. The summed E-state index contributed by atoms with van der Waals surface area (Å²) in [6.07, 6.45) is 2.26. The summed E-state index contributed by atoms with van der Waals surface area (Å²) in [6, 6.07) is 6.86. The molecule has 0 aliphatic heterocycles. The van der Waals surface area contributed by atoms with Crippen LogP contribution in [0.1, 0.15) is 42.7 Å². The summed E-state index contributed by atoms with van der Waals surface area (Å²) in [4.78, 5) is 0. The highest BCUT2D eigenvalue weighted by Crippen LogP contribution is 2.29. The molecule has 0 saturated carbocycles. The van der Waals surface area contributed by atoms with E-state index in [-0.39, 0.29) is 0 Å². The van der Waals surface area contributed by atoms with E-state index in [0.29, 0.717) is 6.04 Å². The molecule has 0 bridgehead atoms. The van der Waals surface area contributed by atoms with Crippen molar-refractivity contribution >= 4 is 11.0 Å². The van der Waals surface area contributed by atoms with E-state index >= 15 is 0 Å². The van der Waals surface area contributed by atoms with Crippen LogP contribution in [-0.2, 0) is 0 Å². The monoisotopic (exact) mass is 231 g/mol. The first-order valence-electron chi connectivity index (χ1n) is 6.33. The van der Waals surface area contributed by atoms with Gasteiger partial charge in [0.1, 0.15) is 11.3 Å². The highest BCUT2D eigenvalue weighted by molar-refractivity contribution is 5.82. The molecule has 2 rings (SSSR count). The van der Waals surface area contributed by atoms with E-state index in [0.717, 1.165) is 24.2 Å². The molecule has 1 aromatic heterocycles. The Morgan fingerprint density at radius 3 is 2.65 bits per heavy atom. The van der Waals surface area contributed by atoms with Gasteiger partial charge in [-0.1, -0.05) is 25.0 Å². The van der Waals surface area contributed by atoms with Gasteiger partial charge in [0.25, 0.3) is 0 Å². The Labute approximate surface area is 103 Å². The maximum atomic E-state index is 6.00. The Morgan fingerprint density at radius 1 is 1.24 bits per heavy atom. The molecule has 2 nitrogen and oxygen atoms in total. The lowest BCUT2D eigenvalue weighted by atomic mass is 10.1. The molecule has 0 aliphatic rings. The van der Waals surface area contributed by atoms with E-state index in [1.54, 1.807) is 0 Å². The molecular weight excluding hydrogens is 210 g/mol. The van der Waals surface area contributed by atoms with Crippen molar-refractivity contribution in [3.63, 3.8) is 0 Å². The zero-order valence-corrected chi connectivity index (χ0v) is 11.1. The fraction of sp³-hybridized carbons (Fsp3) is 0.467. The third kappa shape index (κ3) is 2.37. The van der Waals surface area contributed by atoms with Crippen molar-refractivity contribution in [1.29, 1.82) is 0 Å². The number of rotatable bonds is 4. The molecule has 1 N–H and O–H groups in total. The molecule has 0 aliphatic carbocycles. The van der Waals surface area contributed by atoms with Crippen LogP contribution < -0.4 is 5.32 Å². The largest absolute Gasteiger partial charge is 0.459 e. The van der Waals surface area contributed by atoms with Gasteiger partial charge in [-0.05, 0) is 45.0 Å². The second kappa shape index (κ2) is 4.92. The van der Waals surface area contributed by atoms with Crippen molar-refractivity contribution in [3.05, 3.63) is 35.1 Å². The molecule has 0 saturated heterocycles. The first-order valence-corrected chi connectivity index (χ1v) is 6.33. The fourth-order valence-electron chi connectivity index (χ4n) is 2.42. The van der Waals surface area contributed by atoms with Gasteiger partial charge in [-0.3, -0.25) is 0 Å². The molecule has 1 heterocycles. The normalized spacial score (nSPS) is 13.2. The molecule has 0 fully saturated rings. The van der Waals surface area contributed by atoms with Crippen LogP contribution in [0.3, 0.4) is 0 Å². The van der Waals surface area contributed by atoms with Crippen molar-refractivity contribution < 1.29 is 4.42 Å². The summed E-state index contributed by atoms with van der Waals surface area (Å²) in [6.45, 7) is 6.43. The van der Waals surface area contributed by atoms with Gasteiger partial charge < -0.3 is 9.73 Å². The predicted octanol–water partition coefficient (Wildman–Crippen LogP) is 4.11. The van der Waals surface area contributed by atoms with Gasteiger partial charge in [-0.2, -0.15) is 0 Å². The second-order valence-electron chi connectivity index (χ2n) is 4.78. The van der Waals surface area contributed by atoms with Crippen LogP contribution in [0, 0.1) is 13.8 Å². The van der Waals surface area contributed by atoms with Crippen LogP contribution in [0.25, 0.3) is 11.0 Å². The van der Waals surface area contributed by atoms with Crippen LogP contribution in [0.5, 0.6) is 0 Å². The maximum absolute atomic E-state index is 6.00. The molecule has 92 valence electrons. The Kier molecular flexibility index (Phi) is 3.53. The SMILES string of the molecule is CCCC(NC)c1cc2cc(C)cc(C)c2o1.